The third-order valence-corrected chi connectivity index (χ3v) is 6.24. The topological polar surface area (TPSA) is 69.0 Å². The number of nitrogens with zero attached hydrogens (tertiary/aromatic N) is 3. The van der Waals surface area contributed by atoms with E-state index >= 15 is 0 Å². The normalized spacial score (nSPS) is 12.0. The number of benzene rings is 1. The summed E-state index contributed by atoms with van der Waals surface area (Å²) in [7, 11) is 1.65. The molecule has 0 aliphatic heterocycles. The highest BCUT2D eigenvalue weighted by Crippen LogP contribution is 2.29. The van der Waals surface area contributed by atoms with Crippen molar-refractivity contribution in [3.8, 4) is 16.5 Å². The number of methoxy groups -OCH3 is 1. The summed E-state index contributed by atoms with van der Waals surface area (Å²) in [6, 6.07) is 11.9. The molecule has 0 bridgehead atoms. The van der Waals surface area contributed by atoms with Crippen LogP contribution in [0, 0.1) is 0 Å². The smallest absolute Gasteiger partial charge is 0.233 e. The second-order valence-electron chi connectivity index (χ2n) is 6.18. The summed E-state index contributed by atoms with van der Waals surface area (Å²) in [4.78, 5) is 13.5. The zero-order chi connectivity index (χ0) is 19.9. The number of hydrogen-bond donors (Lipinski definition) is 1. The number of nitrogens with one attached hydrogen (secondary N) is 1. The van der Waals surface area contributed by atoms with E-state index in [1.54, 1.807) is 18.4 Å². The molecule has 1 atom stereocenters. The minimum atomic E-state index is -0.249. The van der Waals surface area contributed by atoms with Crippen molar-refractivity contribution in [2.24, 2.45) is 0 Å². The molecule has 1 aromatic carbocycles. The van der Waals surface area contributed by atoms with E-state index in [-0.39, 0.29) is 11.2 Å². The van der Waals surface area contributed by atoms with Gasteiger partial charge in [0.1, 0.15) is 5.75 Å². The van der Waals surface area contributed by atoms with Crippen molar-refractivity contribution in [3.05, 3.63) is 47.3 Å². The minimum Gasteiger partial charge on any atom is -0.497 e. The number of carbonyl (C=O) groups excluding carboxylic acids is 1. The van der Waals surface area contributed by atoms with E-state index in [4.69, 9.17) is 4.74 Å². The summed E-state index contributed by atoms with van der Waals surface area (Å²) in [6.07, 6.45) is 0.779. The van der Waals surface area contributed by atoms with Gasteiger partial charge < -0.3 is 14.6 Å². The Morgan fingerprint density at radius 3 is 2.71 bits per heavy atom. The summed E-state index contributed by atoms with van der Waals surface area (Å²) < 4.78 is 7.21. The molecule has 0 aliphatic carbocycles. The van der Waals surface area contributed by atoms with Gasteiger partial charge in [0, 0.05) is 13.1 Å². The average molecular weight is 417 g/mol. The second-order valence-corrected chi connectivity index (χ2v) is 8.43. The van der Waals surface area contributed by atoms with Crippen molar-refractivity contribution in [1.29, 1.82) is 0 Å². The molecule has 2 aromatic heterocycles. The molecule has 6 nitrogen and oxygen atoms in total. The molecule has 0 radical (unpaired) electrons. The Kier molecular flexibility index (Phi) is 7.11. The number of thiophene rings is 1. The molecule has 1 amide bonds. The van der Waals surface area contributed by atoms with Gasteiger partial charge in [-0.25, -0.2) is 0 Å². The molecule has 148 valence electrons. The molecule has 8 heteroatoms. The van der Waals surface area contributed by atoms with E-state index in [0.717, 1.165) is 40.1 Å². The lowest BCUT2D eigenvalue weighted by Crippen LogP contribution is -2.32. The number of amides is 1. The zero-order valence-corrected chi connectivity index (χ0v) is 17.8. The van der Waals surface area contributed by atoms with Gasteiger partial charge in [0.15, 0.2) is 11.0 Å². The van der Waals surface area contributed by atoms with Gasteiger partial charge >= 0.3 is 0 Å². The van der Waals surface area contributed by atoms with Crippen molar-refractivity contribution >= 4 is 29.0 Å². The first-order valence-electron chi connectivity index (χ1n) is 9.16. The first-order valence-corrected chi connectivity index (χ1v) is 10.9. The van der Waals surface area contributed by atoms with Crippen LogP contribution in [0.3, 0.4) is 0 Å². The Morgan fingerprint density at radius 2 is 2.07 bits per heavy atom. The summed E-state index contributed by atoms with van der Waals surface area (Å²) in [5, 5.41) is 14.2. The lowest BCUT2D eigenvalue weighted by molar-refractivity contribution is -0.120. The second kappa shape index (κ2) is 9.75. The number of thioether (sulfide) groups is 1. The fraction of sp³-hybridized carbons (Fsp3) is 0.350. The van der Waals surface area contributed by atoms with Gasteiger partial charge in [-0.15, -0.1) is 21.5 Å². The van der Waals surface area contributed by atoms with Crippen LogP contribution in [0.2, 0.25) is 0 Å². The molecule has 2 heterocycles. The van der Waals surface area contributed by atoms with Gasteiger partial charge in [0.05, 0.1) is 17.2 Å². The monoisotopic (exact) mass is 416 g/mol. The van der Waals surface area contributed by atoms with Crippen molar-refractivity contribution in [3.63, 3.8) is 0 Å². The van der Waals surface area contributed by atoms with Crippen molar-refractivity contribution in [1.82, 2.24) is 20.1 Å². The SMILES string of the molecule is CCn1c(SC(C)C(=O)NCCc2ccc(OC)cc2)nnc1-c1cccs1. The molecule has 1 N–H and O–H groups in total. The van der Waals surface area contributed by atoms with E-state index in [2.05, 4.69) is 27.0 Å². The fourth-order valence-corrected chi connectivity index (χ4v) is 4.38. The largest absolute Gasteiger partial charge is 0.497 e. The van der Waals surface area contributed by atoms with Crippen LogP contribution in [0.1, 0.15) is 19.4 Å². The maximum Gasteiger partial charge on any atom is 0.233 e. The third-order valence-electron chi connectivity index (χ3n) is 4.30. The quantitative estimate of drug-likeness (QED) is 0.536. The molecule has 28 heavy (non-hydrogen) atoms. The summed E-state index contributed by atoms with van der Waals surface area (Å²) >= 11 is 3.07. The molecule has 1 unspecified atom stereocenters. The molecule has 3 rings (SSSR count). The lowest BCUT2D eigenvalue weighted by Gasteiger charge is -2.12. The fourth-order valence-electron chi connectivity index (χ4n) is 2.73. The molecule has 0 saturated carbocycles. The van der Waals surface area contributed by atoms with E-state index in [0.29, 0.717) is 6.54 Å². The highest BCUT2D eigenvalue weighted by Gasteiger charge is 2.20. The summed E-state index contributed by atoms with van der Waals surface area (Å²) in [5.41, 5.74) is 1.16. The maximum absolute atomic E-state index is 12.5. The maximum atomic E-state index is 12.5. The molecule has 0 fully saturated rings. The zero-order valence-electron chi connectivity index (χ0n) is 16.2. The van der Waals surface area contributed by atoms with Gasteiger partial charge in [-0.2, -0.15) is 0 Å². The first-order chi connectivity index (χ1) is 13.6. The Labute approximate surface area is 173 Å². The van der Waals surface area contributed by atoms with E-state index < -0.39 is 0 Å². The number of carbonyl (C=O) groups is 1. The van der Waals surface area contributed by atoms with Gasteiger partial charge in [-0.05, 0) is 49.4 Å². The Hall–Kier alpha value is -2.32. The molecular formula is C20H24N4O2S2. The number of aromatic nitrogens is 3. The van der Waals surface area contributed by atoms with Crippen LogP contribution >= 0.6 is 23.1 Å². The van der Waals surface area contributed by atoms with Crippen LogP contribution in [0.5, 0.6) is 5.75 Å². The Morgan fingerprint density at radius 1 is 1.29 bits per heavy atom. The van der Waals surface area contributed by atoms with Crippen LogP contribution in [-0.2, 0) is 17.8 Å². The predicted molar refractivity (Wildman–Crippen MR) is 114 cm³/mol. The average Bonchev–Trinajstić information content (AvgIpc) is 3.37. The summed E-state index contributed by atoms with van der Waals surface area (Å²) in [6.45, 7) is 5.31. The van der Waals surface area contributed by atoms with Crippen LogP contribution < -0.4 is 10.1 Å². The Bertz CT molecular complexity index is 892. The van der Waals surface area contributed by atoms with Gasteiger partial charge in [0.2, 0.25) is 5.91 Å². The molecule has 0 aliphatic rings. The number of rotatable bonds is 9. The van der Waals surface area contributed by atoms with Crippen LogP contribution in [0.4, 0.5) is 0 Å². The van der Waals surface area contributed by atoms with E-state index in [9.17, 15) is 4.79 Å². The standard InChI is InChI=1S/C20H24N4O2S2/c1-4-24-18(17-6-5-13-27-17)22-23-20(24)28-14(2)19(25)21-12-11-15-7-9-16(26-3)10-8-15/h5-10,13-14H,4,11-12H2,1-3H3,(H,21,25). The number of hydrogen-bond acceptors (Lipinski definition) is 6. The molecular weight excluding hydrogens is 392 g/mol. The lowest BCUT2D eigenvalue weighted by atomic mass is 10.1. The van der Waals surface area contributed by atoms with Crippen LogP contribution in [-0.4, -0.2) is 39.6 Å². The van der Waals surface area contributed by atoms with Gasteiger partial charge in [-0.1, -0.05) is 30.0 Å². The van der Waals surface area contributed by atoms with Crippen molar-refractivity contribution in [2.45, 2.75) is 37.2 Å². The van der Waals surface area contributed by atoms with Gasteiger partial charge in [-0.3, -0.25) is 4.79 Å². The third kappa shape index (κ3) is 4.94. The highest BCUT2D eigenvalue weighted by molar-refractivity contribution is 8.00. The predicted octanol–water partition coefficient (Wildman–Crippen LogP) is 3.87. The number of ether oxygens (including phenoxy) is 1. The molecule has 0 spiro atoms. The first kappa shape index (κ1) is 20.4. The highest BCUT2D eigenvalue weighted by atomic mass is 32.2. The summed E-state index contributed by atoms with van der Waals surface area (Å²) in [5.74, 6) is 1.69. The molecule has 3 aromatic rings. The van der Waals surface area contributed by atoms with Crippen LogP contribution in [0.15, 0.2) is 46.9 Å². The van der Waals surface area contributed by atoms with Crippen LogP contribution in [0.25, 0.3) is 10.7 Å². The van der Waals surface area contributed by atoms with Crippen molar-refractivity contribution in [2.75, 3.05) is 13.7 Å². The van der Waals surface area contributed by atoms with Gasteiger partial charge in [0.25, 0.3) is 0 Å². The van der Waals surface area contributed by atoms with E-state index in [1.807, 2.05) is 48.7 Å². The molecule has 0 saturated heterocycles. The van der Waals surface area contributed by atoms with E-state index in [1.165, 1.54) is 11.8 Å². The minimum absolute atomic E-state index is 0.00170. The van der Waals surface area contributed by atoms with Crippen molar-refractivity contribution < 1.29 is 9.53 Å². The Balaban J connectivity index is 1.54.